The van der Waals surface area contributed by atoms with Crippen molar-refractivity contribution in [2.45, 2.75) is 82.5 Å². The molecule has 1 spiro atoms. The monoisotopic (exact) mass is 255 g/mol. The van der Waals surface area contributed by atoms with Crippen LogP contribution >= 0.6 is 0 Å². The summed E-state index contributed by atoms with van der Waals surface area (Å²) < 4.78 is 12.0. The summed E-state index contributed by atoms with van der Waals surface area (Å²) in [7, 11) is 0. The quantitative estimate of drug-likeness (QED) is 0.793. The van der Waals surface area contributed by atoms with E-state index in [0.717, 1.165) is 25.9 Å². The van der Waals surface area contributed by atoms with Gasteiger partial charge < -0.3 is 15.2 Å². The van der Waals surface area contributed by atoms with Gasteiger partial charge in [-0.1, -0.05) is 26.7 Å². The van der Waals surface area contributed by atoms with Gasteiger partial charge in [0.1, 0.15) is 0 Å². The second-order valence-corrected chi connectivity index (χ2v) is 6.25. The molecule has 2 N–H and O–H groups in total. The van der Waals surface area contributed by atoms with Crippen molar-refractivity contribution in [3.63, 3.8) is 0 Å². The van der Waals surface area contributed by atoms with Gasteiger partial charge in [0.15, 0.2) is 0 Å². The highest BCUT2D eigenvalue weighted by Gasteiger charge is 2.42. The summed E-state index contributed by atoms with van der Waals surface area (Å²) in [6.07, 6.45) is 9.84. The Morgan fingerprint density at radius 2 is 1.89 bits per heavy atom. The largest absolute Gasteiger partial charge is 0.377 e. The zero-order valence-corrected chi connectivity index (χ0v) is 12.0. The van der Waals surface area contributed by atoms with Gasteiger partial charge in [0.2, 0.25) is 0 Å². The van der Waals surface area contributed by atoms with Crippen LogP contribution in [0.2, 0.25) is 0 Å². The second-order valence-electron chi connectivity index (χ2n) is 6.25. The van der Waals surface area contributed by atoms with Gasteiger partial charge in [-0.2, -0.15) is 0 Å². The Hall–Kier alpha value is -0.120. The van der Waals surface area contributed by atoms with Gasteiger partial charge in [-0.15, -0.1) is 0 Å². The molecule has 2 fully saturated rings. The lowest BCUT2D eigenvalue weighted by atomic mass is 9.96. The van der Waals surface area contributed by atoms with Crippen molar-refractivity contribution in [1.82, 2.24) is 0 Å². The molecule has 3 nitrogen and oxygen atoms in total. The third-order valence-electron chi connectivity index (χ3n) is 4.95. The first kappa shape index (κ1) is 14.3. The molecule has 3 heteroatoms. The van der Waals surface area contributed by atoms with Gasteiger partial charge in [0.25, 0.3) is 0 Å². The highest BCUT2D eigenvalue weighted by molar-refractivity contribution is 4.92. The Kier molecular flexibility index (Phi) is 4.68. The number of nitrogens with two attached hydrogens (primary N) is 1. The molecular formula is C15H29NO2. The summed E-state index contributed by atoms with van der Waals surface area (Å²) in [6, 6.07) is 0. The molecule has 106 valence electrons. The molecule has 1 aliphatic carbocycles. The summed E-state index contributed by atoms with van der Waals surface area (Å²) in [5.41, 5.74) is 6.31. The Morgan fingerprint density at radius 3 is 2.50 bits per heavy atom. The van der Waals surface area contributed by atoms with Crippen molar-refractivity contribution in [2.75, 3.05) is 13.2 Å². The molecular weight excluding hydrogens is 226 g/mol. The Morgan fingerprint density at radius 1 is 1.22 bits per heavy atom. The van der Waals surface area contributed by atoms with Crippen LogP contribution in [-0.4, -0.2) is 30.5 Å². The molecule has 0 amide bonds. The van der Waals surface area contributed by atoms with Crippen molar-refractivity contribution >= 4 is 0 Å². The maximum absolute atomic E-state index is 6.23. The van der Waals surface area contributed by atoms with E-state index in [2.05, 4.69) is 13.8 Å². The minimum Gasteiger partial charge on any atom is -0.377 e. The fourth-order valence-corrected chi connectivity index (χ4v) is 3.25. The van der Waals surface area contributed by atoms with E-state index in [4.69, 9.17) is 15.2 Å². The predicted molar refractivity (Wildman–Crippen MR) is 73.6 cm³/mol. The highest BCUT2D eigenvalue weighted by Crippen LogP contribution is 2.43. The second kappa shape index (κ2) is 5.89. The van der Waals surface area contributed by atoms with Crippen LogP contribution in [-0.2, 0) is 9.47 Å². The lowest BCUT2D eigenvalue weighted by Crippen LogP contribution is -2.43. The molecule has 1 saturated carbocycles. The van der Waals surface area contributed by atoms with Gasteiger partial charge in [0.05, 0.1) is 24.9 Å². The van der Waals surface area contributed by atoms with E-state index in [1.807, 2.05) is 0 Å². The Balaban J connectivity index is 1.69. The van der Waals surface area contributed by atoms with Crippen molar-refractivity contribution in [3.05, 3.63) is 0 Å². The number of hydrogen-bond acceptors (Lipinski definition) is 3. The first-order valence-electron chi connectivity index (χ1n) is 7.66. The van der Waals surface area contributed by atoms with Crippen molar-refractivity contribution < 1.29 is 9.47 Å². The number of rotatable bonds is 6. The fourth-order valence-electron chi connectivity index (χ4n) is 3.25. The van der Waals surface area contributed by atoms with E-state index >= 15 is 0 Å². The lowest BCUT2D eigenvalue weighted by molar-refractivity contribution is -0.0732. The maximum atomic E-state index is 6.23. The summed E-state index contributed by atoms with van der Waals surface area (Å²) in [5.74, 6) is 0. The Labute approximate surface area is 111 Å². The molecule has 1 saturated heterocycles. The van der Waals surface area contributed by atoms with Crippen LogP contribution < -0.4 is 5.73 Å². The van der Waals surface area contributed by atoms with Crippen molar-refractivity contribution in [3.8, 4) is 0 Å². The SMILES string of the molecule is CCC(N)(CC)COCC1CCC2(CCCC2)O1. The van der Waals surface area contributed by atoms with Gasteiger partial charge in [-0.3, -0.25) is 0 Å². The van der Waals surface area contributed by atoms with Gasteiger partial charge in [0, 0.05) is 5.54 Å². The van der Waals surface area contributed by atoms with Crippen molar-refractivity contribution in [2.24, 2.45) is 5.73 Å². The average Bonchev–Trinajstić information content (AvgIpc) is 3.00. The van der Waals surface area contributed by atoms with Crippen LogP contribution in [0, 0.1) is 0 Å². The Bertz CT molecular complexity index is 257. The molecule has 2 rings (SSSR count). The van der Waals surface area contributed by atoms with Crippen LogP contribution in [0.25, 0.3) is 0 Å². The van der Waals surface area contributed by atoms with Gasteiger partial charge in [-0.25, -0.2) is 0 Å². The van der Waals surface area contributed by atoms with E-state index in [1.165, 1.54) is 32.1 Å². The summed E-state index contributed by atoms with van der Waals surface area (Å²) in [5, 5.41) is 0. The van der Waals surface area contributed by atoms with Gasteiger partial charge >= 0.3 is 0 Å². The zero-order chi connectivity index (χ0) is 13.1. The average molecular weight is 255 g/mol. The van der Waals surface area contributed by atoms with Gasteiger partial charge in [-0.05, 0) is 38.5 Å². The normalized spacial score (nSPS) is 27.2. The molecule has 1 heterocycles. The van der Waals surface area contributed by atoms with E-state index in [1.54, 1.807) is 0 Å². The highest BCUT2D eigenvalue weighted by atomic mass is 16.6. The van der Waals surface area contributed by atoms with E-state index in [-0.39, 0.29) is 11.1 Å². The summed E-state index contributed by atoms with van der Waals surface area (Å²) in [6.45, 7) is 5.65. The lowest BCUT2D eigenvalue weighted by Gasteiger charge is -2.28. The van der Waals surface area contributed by atoms with E-state index in [9.17, 15) is 0 Å². The summed E-state index contributed by atoms with van der Waals surface area (Å²) in [4.78, 5) is 0. The predicted octanol–water partition coefficient (Wildman–Crippen LogP) is 3.01. The number of hydrogen-bond donors (Lipinski definition) is 1. The molecule has 18 heavy (non-hydrogen) atoms. The molecule has 1 aliphatic heterocycles. The van der Waals surface area contributed by atoms with Crippen LogP contribution in [0.4, 0.5) is 0 Å². The zero-order valence-electron chi connectivity index (χ0n) is 12.0. The standard InChI is InChI=1S/C15H29NO2/c1-3-14(16,4-2)12-17-11-13-7-10-15(18-13)8-5-6-9-15/h13H,3-12,16H2,1-2H3. The van der Waals surface area contributed by atoms with Crippen LogP contribution in [0.3, 0.4) is 0 Å². The molecule has 2 aliphatic rings. The van der Waals surface area contributed by atoms with E-state index < -0.39 is 0 Å². The molecule has 0 radical (unpaired) electrons. The number of ether oxygens (including phenoxy) is 2. The first-order valence-corrected chi connectivity index (χ1v) is 7.66. The van der Waals surface area contributed by atoms with Crippen molar-refractivity contribution in [1.29, 1.82) is 0 Å². The molecule has 1 atom stereocenters. The topological polar surface area (TPSA) is 44.5 Å². The third kappa shape index (κ3) is 3.25. The fraction of sp³-hybridized carbons (Fsp3) is 1.00. The molecule has 0 aromatic carbocycles. The van der Waals surface area contributed by atoms with E-state index in [0.29, 0.717) is 12.7 Å². The smallest absolute Gasteiger partial charge is 0.0817 e. The molecule has 0 bridgehead atoms. The molecule has 0 aromatic heterocycles. The molecule has 0 aromatic rings. The maximum Gasteiger partial charge on any atom is 0.0817 e. The summed E-state index contributed by atoms with van der Waals surface area (Å²) >= 11 is 0. The minimum atomic E-state index is -0.149. The third-order valence-corrected chi connectivity index (χ3v) is 4.95. The minimum absolute atomic E-state index is 0.149. The van der Waals surface area contributed by atoms with Crippen LogP contribution in [0.1, 0.15) is 65.2 Å². The first-order chi connectivity index (χ1) is 8.61. The van der Waals surface area contributed by atoms with Crippen LogP contribution in [0.5, 0.6) is 0 Å². The molecule has 1 unspecified atom stereocenters. The van der Waals surface area contributed by atoms with Crippen LogP contribution in [0.15, 0.2) is 0 Å².